The zero-order valence-electron chi connectivity index (χ0n) is 29.7. The molecule has 49 heavy (non-hydrogen) atoms. The van der Waals surface area contributed by atoms with Crippen molar-refractivity contribution in [1.29, 1.82) is 0 Å². The maximum absolute atomic E-state index is 4.78. The van der Waals surface area contributed by atoms with Gasteiger partial charge in [-0.3, -0.25) is 9.97 Å². The van der Waals surface area contributed by atoms with Gasteiger partial charge in [-0.1, -0.05) is 96.3 Å². The van der Waals surface area contributed by atoms with Gasteiger partial charge in [-0.25, -0.2) is 0 Å². The molecule has 3 aliphatic carbocycles. The minimum atomic E-state index is 0. The molecule has 2 atom stereocenters. The molecule has 2 aromatic carbocycles. The van der Waals surface area contributed by atoms with Gasteiger partial charge in [-0.2, -0.15) is 0 Å². The normalized spacial score (nSPS) is 20.3. The number of benzene rings is 2. The summed E-state index contributed by atoms with van der Waals surface area (Å²) in [6.45, 7) is 16.1. The fourth-order valence-electron chi connectivity index (χ4n) is 8.96. The van der Waals surface area contributed by atoms with Crippen LogP contribution in [0.5, 0.6) is 0 Å². The minimum Gasteiger partial charge on any atom is -0.573 e. The van der Waals surface area contributed by atoms with Gasteiger partial charge in [0.2, 0.25) is 0 Å². The SMILES string of the molecule is CC(C)c1cccc2cnc(-c3[n-]nc4c3C3CCC4(C)C3(C)C)cc12.CC(C)c1cccc2cnc(-c3[n-]nc4c3CCCC4)cc12.[Pt+2]. The second-order valence-electron chi connectivity index (χ2n) is 15.7. The van der Waals surface area contributed by atoms with Crippen LogP contribution in [-0.2, 0) is 39.3 Å². The molecule has 6 aromatic rings. The predicted octanol–water partition coefficient (Wildman–Crippen LogP) is 9.81. The smallest absolute Gasteiger partial charge is 0.573 e. The van der Waals surface area contributed by atoms with E-state index in [0.29, 0.717) is 17.8 Å². The van der Waals surface area contributed by atoms with Crippen LogP contribution in [0.25, 0.3) is 44.3 Å². The van der Waals surface area contributed by atoms with E-state index in [-0.39, 0.29) is 31.9 Å². The Hall–Kier alpha value is -3.63. The molecule has 2 bridgehead atoms. The minimum absolute atomic E-state index is 0. The number of fused-ring (bicyclic) bond motifs is 8. The molecule has 2 unspecified atom stereocenters. The van der Waals surface area contributed by atoms with Crippen LogP contribution in [0.4, 0.5) is 0 Å². The molecular weight excluding hydrogens is 784 g/mol. The van der Waals surface area contributed by atoms with Crippen LogP contribution < -0.4 is 10.2 Å². The molecule has 0 amide bonds. The molecular formula is C42H46N6Pt. The van der Waals surface area contributed by atoms with Crippen LogP contribution in [0.3, 0.4) is 0 Å². The van der Waals surface area contributed by atoms with Crippen molar-refractivity contribution in [2.75, 3.05) is 0 Å². The monoisotopic (exact) mass is 829 g/mol. The van der Waals surface area contributed by atoms with E-state index in [1.807, 2.05) is 12.4 Å². The first-order valence-corrected chi connectivity index (χ1v) is 17.9. The van der Waals surface area contributed by atoms with Crippen LogP contribution in [0.2, 0.25) is 0 Å². The summed E-state index contributed by atoms with van der Waals surface area (Å²) in [5.74, 6) is 1.53. The topological polar surface area (TPSA) is 79.8 Å². The molecule has 0 saturated heterocycles. The average Bonchev–Trinajstić information content (AvgIpc) is 3.81. The van der Waals surface area contributed by atoms with Crippen LogP contribution >= 0.6 is 0 Å². The van der Waals surface area contributed by atoms with Crippen molar-refractivity contribution in [3.05, 3.63) is 94.6 Å². The van der Waals surface area contributed by atoms with Gasteiger partial charge in [0.15, 0.2) is 0 Å². The molecule has 4 heterocycles. The Morgan fingerprint density at radius 3 is 1.92 bits per heavy atom. The van der Waals surface area contributed by atoms with Gasteiger partial charge in [0.1, 0.15) is 0 Å². The Morgan fingerprint density at radius 2 is 1.31 bits per heavy atom. The van der Waals surface area contributed by atoms with E-state index in [1.165, 1.54) is 80.9 Å². The first kappa shape index (κ1) is 33.8. The first-order valence-electron chi connectivity index (χ1n) is 17.9. The van der Waals surface area contributed by atoms with Crippen molar-refractivity contribution in [1.82, 2.24) is 30.4 Å². The molecule has 7 heteroatoms. The zero-order valence-corrected chi connectivity index (χ0v) is 32.0. The Morgan fingerprint density at radius 1 is 0.735 bits per heavy atom. The molecule has 0 radical (unpaired) electrons. The Balaban J connectivity index is 0.000000153. The van der Waals surface area contributed by atoms with Crippen molar-refractivity contribution >= 4 is 21.5 Å². The van der Waals surface area contributed by atoms with Crippen molar-refractivity contribution in [3.8, 4) is 22.8 Å². The second kappa shape index (κ2) is 12.6. The summed E-state index contributed by atoms with van der Waals surface area (Å²) in [7, 11) is 0. The maximum Gasteiger partial charge on any atom is 2.00 e. The summed E-state index contributed by atoms with van der Waals surface area (Å²) >= 11 is 0. The van der Waals surface area contributed by atoms with Gasteiger partial charge in [0.25, 0.3) is 0 Å². The summed E-state index contributed by atoms with van der Waals surface area (Å²) in [5, 5.41) is 23.1. The predicted molar refractivity (Wildman–Crippen MR) is 195 cm³/mol. The van der Waals surface area contributed by atoms with E-state index >= 15 is 0 Å². The van der Waals surface area contributed by atoms with E-state index < -0.39 is 0 Å². The third-order valence-corrected chi connectivity index (χ3v) is 12.2. The largest absolute Gasteiger partial charge is 2.00 e. The van der Waals surface area contributed by atoms with Crippen molar-refractivity contribution in [2.45, 2.75) is 110 Å². The molecule has 0 aliphatic heterocycles. The van der Waals surface area contributed by atoms with E-state index in [0.717, 1.165) is 35.6 Å². The zero-order chi connectivity index (χ0) is 33.4. The first-order chi connectivity index (χ1) is 23.1. The van der Waals surface area contributed by atoms with Crippen LogP contribution in [0.15, 0.2) is 60.9 Å². The van der Waals surface area contributed by atoms with Crippen LogP contribution in [0, 0.1) is 5.41 Å². The summed E-state index contributed by atoms with van der Waals surface area (Å²) in [6, 6.07) is 17.4. The van der Waals surface area contributed by atoms with Gasteiger partial charge in [-0.05, 0) is 107 Å². The van der Waals surface area contributed by atoms with Gasteiger partial charge in [0, 0.05) is 40.0 Å². The van der Waals surface area contributed by atoms with Crippen molar-refractivity contribution in [2.24, 2.45) is 5.41 Å². The molecule has 6 nitrogen and oxygen atoms in total. The van der Waals surface area contributed by atoms with E-state index in [2.05, 4.69) is 122 Å². The number of nitrogens with zero attached hydrogens (tertiary/aromatic N) is 6. The molecule has 1 fully saturated rings. The van der Waals surface area contributed by atoms with Crippen molar-refractivity contribution in [3.63, 3.8) is 0 Å². The third kappa shape index (κ3) is 5.32. The molecule has 4 aromatic heterocycles. The fourth-order valence-corrected chi connectivity index (χ4v) is 8.96. The van der Waals surface area contributed by atoms with E-state index in [4.69, 9.17) is 4.98 Å². The Labute approximate surface area is 304 Å². The Bertz CT molecular complexity index is 2170. The molecule has 1 saturated carbocycles. The number of aryl methyl sites for hydroxylation is 1. The second-order valence-corrected chi connectivity index (χ2v) is 15.7. The summed E-state index contributed by atoms with van der Waals surface area (Å²) in [4.78, 5) is 9.43. The molecule has 9 rings (SSSR count). The molecule has 0 N–H and O–H groups in total. The van der Waals surface area contributed by atoms with Gasteiger partial charge < -0.3 is 20.4 Å². The maximum atomic E-state index is 4.78. The third-order valence-electron chi connectivity index (χ3n) is 12.2. The van der Waals surface area contributed by atoms with Gasteiger partial charge >= 0.3 is 21.1 Å². The number of hydrogen-bond donors (Lipinski definition) is 0. The number of pyridine rings is 2. The van der Waals surface area contributed by atoms with Crippen LogP contribution in [0.1, 0.15) is 126 Å². The van der Waals surface area contributed by atoms with E-state index in [9.17, 15) is 0 Å². The quantitative estimate of drug-likeness (QED) is 0.176. The standard InChI is InChI=1S/C23H26N3.C19H20N3.Pt/c1-13(2)15-8-6-7-14-12-24-18(11-16(14)15)20-19-17-9-10-23(5,22(17,3)4)21(19)26-25-20;1-12(2)14-8-5-6-13-11-20-18(10-16(13)14)19-15-7-3-4-9-17(15)21-22-19;/h6-8,11-13,17H,9-10H2,1-5H3;5-6,8,10-12H,3-4,7,9H2,1-2H3;/q2*-1;+2. The fraction of sp³-hybridized carbons (Fsp3) is 0.429. The number of hydrogen-bond acceptors (Lipinski definition) is 4. The molecule has 0 spiro atoms. The average molecular weight is 830 g/mol. The van der Waals surface area contributed by atoms with Gasteiger partial charge in [-0.15, -0.1) is 0 Å². The summed E-state index contributed by atoms with van der Waals surface area (Å²) in [5.41, 5.74) is 12.2. The summed E-state index contributed by atoms with van der Waals surface area (Å²) in [6.07, 6.45) is 11.0. The molecule has 254 valence electrons. The van der Waals surface area contributed by atoms with Crippen LogP contribution in [-0.4, -0.2) is 20.2 Å². The van der Waals surface area contributed by atoms with Gasteiger partial charge in [0.05, 0.1) is 11.4 Å². The molecule has 3 aliphatic rings. The van der Waals surface area contributed by atoms with Crippen molar-refractivity contribution < 1.29 is 21.1 Å². The Kier molecular flexibility index (Phi) is 8.71. The number of aromatic nitrogens is 6. The summed E-state index contributed by atoms with van der Waals surface area (Å²) < 4.78 is 0. The number of rotatable bonds is 4. The van der Waals surface area contributed by atoms with E-state index in [1.54, 1.807) is 0 Å².